The van der Waals surface area contributed by atoms with Gasteiger partial charge in [0.1, 0.15) is 18.1 Å². The minimum Gasteiger partial charge on any atom is -0.480 e. The lowest BCUT2D eigenvalue weighted by Gasteiger charge is -2.25. The molecule has 16 heteroatoms. The Morgan fingerprint density at radius 2 is 1.59 bits per heavy atom. The molecule has 1 rings (SSSR count). The van der Waals surface area contributed by atoms with Gasteiger partial charge in [-0.2, -0.15) is 0 Å². The van der Waals surface area contributed by atoms with E-state index in [1.165, 1.54) is 12.5 Å². The fraction of sp³-hybridized carbons (Fsp3) is 0.609. The van der Waals surface area contributed by atoms with Crippen molar-refractivity contribution in [1.29, 1.82) is 0 Å². The summed E-state index contributed by atoms with van der Waals surface area (Å²) in [7, 11) is 0. The third-order valence-corrected chi connectivity index (χ3v) is 5.55. The van der Waals surface area contributed by atoms with Gasteiger partial charge in [-0.05, 0) is 31.6 Å². The number of primary amides is 1. The predicted octanol–water partition coefficient (Wildman–Crippen LogP) is -2.82. The maximum Gasteiger partial charge on any atom is 0.326 e. The minimum atomic E-state index is -1.30. The van der Waals surface area contributed by atoms with Gasteiger partial charge in [-0.15, -0.1) is 0 Å². The monoisotopic (exact) mass is 552 g/mol. The van der Waals surface area contributed by atoms with Crippen molar-refractivity contribution in [2.24, 2.45) is 33.8 Å². The van der Waals surface area contributed by atoms with Crippen LogP contribution in [-0.4, -0.2) is 81.3 Å². The van der Waals surface area contributed by atoms with Gasteiger partial charge in [-0.1, -0.05) is 13.8 Å². The molecule has 13 N–H and O–H groups in total. The SMILES string of the molecule is CC(C)CC(NC(=O)C(CCC(N)=O)NC(=O)C(Cc1cnc[nH]1)NC(=O)C(N)CCCN=C(N)N)C(=O)O. The maximum absolute atomic E-state index is 13.3. The molecular weight excluding hydrogens is 512 g/mol. The lowest BCUT2D eigenvalue weighted by atomic mass is 10.0. The molecule has 0 fully saturated rings. The fourth-order valence-electron chi connectivity index (χ4n) is 3.55. The van der Waals surface area contributed by atoms with Gasteiger partial charge in [-0.3, -0.25) is 24.2 Å². The number of H-pyrrole nitrogens is 1. The minimum absolute atomic E-state index is 0.0203. The highest BCUT2D eigenvalue weighted by Crippen LogP contribution is 2.08. The van der Waals surface area contributed by atoms with Crippen LogP contribution in [0.5, 0.6) is 0 Å². The first-order chi connectivity index (χ1) is 18.3. The van der Waals surface area contributed by atoms with Crippen LogP contribution in [-0.2, 0) is 30.4 Å². The molecule has 39 heavy (non-hydrogen) atoms. The first kappa shape index (κ1) is 32.8. The van der Waals surface area contributed by atoms with Crippen molar-refractivity contribution in [3.63, 3.8) is 0 Å². The van der Waals surface area contributed by atoms with E-state index in [4.69, 9.17) is 22.9 Å². The standard InChI is InChI=1S/C23H40N10O6/c1-12(2)8-17(22(38)39)33-20(36)15(5-6-18(25)34)31-21(37)16(9-13-10-28-11-30-13)32-19(35)14(24)4-3-7-29-23(26)27/h10-12,14-17H,3-9,24H2,1-2H3,(H2,25,34)(H,28,30)(H,31,37)(H,32,35)(H,33,36)(H,38,39)(H4,26,27,29). The van der Waals surface area contributed by atoms with Crippen LogP contribution >= 0.6 is 0 Å². The second-order valence-electron chi connectivity index (χ2n) is 9.49. The summed E-state index contributed by atoms with van der Waals surface area (Å²) in [6, 6.07) is -4.66. The Hall–Kier alpha value is -4.21. The molecule has 0 bridgehead atoms. The molecule has 1 aromatic heterocycles. The highest BCUT2D eigenvalue weighted by atomic mass is 16.4. The third kappa shape index (κ3) is 13.2. The Balaban J connectivity index is 3.03. The van der Waals surface area contributed by atoms with Gasteiger partial charge in [0.15, 0.2) is 5.96 Å². The Kier molecular flexibility index (Phi) is 14.0. The number of carbonyl (C=O) groups excluding carboxylic acids is 4. The molecule has 16 nitrogen and oxygen atoms in total. The normalized spacial score (nSPS) is 13.9. The van der Waals surface area contributed by atoms with Crippen LogP contribution < -0.4 is 38.9 Å². The number of guanidine groups is 1. The summed E-state index contributed by atoms with van der Waals surface area (Å²) in [5.41, 5.74) is 22.2. The number of hydrogen-bond donors (Lipinski definition) is 9. The van der Waals surface area contributed by atoms with Crippen molar-refractivity contribution in [2.75, 3.05) is 6.54 Å². The van der Waals surface area contributed by atoms with E-state index in [0.29, 0.717) is 12.1 Å². The summed E-state index contributed by atoms with van der Waals surface area (Å²) >= 11 is 0. The summed E-state index contributed by atoms with van der Waals surface area (Å²) in [5, 5.41) is 17.0. The number of carboxylic acid groups (broad SMARTS) is 1. The predicted molar refractivity (Wildman–Crippen MR) is 141 cm³/mol. The molecule has 0 spiro atoms. The zero-order valence-corrected chi connectivity index (χ0v) is 22.2. The van der Waals surface area contributed by atoms with Gasteiger partial charge in [-0.25, -0.2) is 9.78 Å². The van der Waals surface area contributed by atoms with Crippen LogP contribution in [0.2, 0.25) is 0 Å². The van der Waals surface area contributed by atoms with Gasteiger partial charge in [0.25, 0.3) is 0 Å². The number of carboxylic acids is 1. The van der Waals surface area contributed by atoms with Crippen molar-refractivity contribution >= 4 is 35.6 Å². The van der Waals surface area contributed by atoms with Crippen LogP contribution in [0.25, 0.3) is 0 Å². The van der Waals surface area contributed by atoms with Gasteiger partial charge >= 0.3 is 5.97 Å². The van der Waals surface area contributed by atoms with E-state index < -0.39 is 53.8 Å². The van der Waals surface area contributed by atoms with Gasteiger partial charge < -0.3 is 49.0 Å². The smallest absolute Gasteiger partial charge is 0.326 e. The van der Waals surface area contributed by atoms with E-state index in [-0.39, 0.29) is 50.5 Å². The van der Waals surface area contributed by atoms with E-state index >= 15 is 0 Å². The molecule has 0 aliphatic heterocycles. The summed E-state index contributed by atoms with van der Waals surface area (Å²) < 4.78 is 0. The number of nitrogens with one attached hydrogen (secondary N) is 4. The first-order valence-corrected chi connectivity index (χ1v) is 12.5. The van der Waals surface area contributed by atoms with Crippen molar-refractivity contribution in [3.05, 3.63) is 18.2 Å². The number of nitrogens with zero attached hydrogens (tertiary/aromatic N) is 2. The van der Waals surface area contributed by atoms with Gasteiger partial charge in [0.05, 0.1) is 12.4 Å². The molecule has 4 unspecified atom stereocenters. The number of nitrogens with two attached hydrogens (primary N) is 4. The maximum atomic E-state index is 13.3. The molecule has 0 saturated heterocycles. The van der Waals surface area contributed by atoms with Crippen LogP contribution in [0.3, 0.4) is 0 Å². The summed E-state index contributed by atoms with van der Waals surface area (Å²) in [6.45, 7) is 3.86. The topological polar surface area (TPSA) is 287 Å². The third-order valence-electron chi connectivity index (χ3n) is 5.55. The molecule has 0 radical (unpaired) electrons. The first-order valence-electron chi connectivity index (χ1n) is 12.5. The molecule has 0 saturated carbocycles. The Morgan fingerprint density at radius 1 is 0.974 bits per heavy atom. The Morgan fingerprint density at radius 3 is 2.13 bits per heavy atom. The van der Waals surface area contributed by atoms with Crippen LogP contribution in [0.4, 0.5) is 0 Å². The Labute approximate surface area is 226 Å². The lowest BCUT2D eigenvalue weighted by molar-refractivity contribution is -0.143. The highest BCUT2D eigenvalue weighted by molar-refractivity contribution is 5.94. The number of carbonyl (C=O) groups is 5. The molecule has 4 amide bonds. The number of rotatable bonds is 18. The van der Waals surface area contributed by atoms with E-state index in [0.717, 1.165) is 0 Å². The van der Waals surface area contributed by atoms with E-state index in [1.807, 2.05) is 0 Å². The largest absolute Gasteiger partial charge is 0.480 e. The zero-order chi connectivity index (χ0) is 29.5. The highest BCUT2D eigenvalue weighted by Gasteiger charge is 2.31. The summed E-state index contributed by atoms with van der Waals surface area (Å²) in [6.07, 6.45) is 3.20. The molecule has 4 atom stereocenters. The summed E-state index contributed by atoms with van der Waals surface area (Å²) in [5.74, 6) is -4.27. The van der Waals surface area contributed by atoms with E-state index in [1.54, 1.807) is 13.8 Å². The summed E-state index contributed by atoms with van der Waals surface area (Å²) in [4.78, 5) is 72.5. The second kappa shape index (κ2) is 16.6. The van der Waals surface area contributed by atoms with Crippen LogP contribution in [0.15, 0.2) is 17.5 Å². The number of aromatic nitrogens is 2. The molecular formula is C23H40N10O6. The van der Waals surface area contributed by atoms with Crippen LogP contribution in [0, 0.1) is 5.92 Å². The molecule has 0 aliphatic carbocycles. The number of imidazole rings is 1. The van der Waals surface area contributed by atoms with Crippen molar-refractivity contribution in [3.8, 4) is 0 Å². The number of aromatic amines is 1. The number of aliphatic carboxylic acids is 1. The van der Waals surface area contributed by atoms with Gasteiger partial charge in [0, 0.05) is 31.3 Å². The van der Waals surface area contributed by atoms with E-state index in [9.17, 15) is 29.1 Å². The second-order valence-corrected chi connectivity index (χ2v) is 9.49. The van der Waals surface area contributed by atoms with Gasteiger partial charge in [0.2, 0.25) is 23.6 Å². The quantitative estimate of drug-likeness (QED) is 0.0511. The number of aliphatic imine (C=N–C) groups is 1. The zero-order valence-electron chi connectivity index (χ0n) is 22.2. The Bertz CT molecular complexity index is 994. The lowest BCUT2D eigenvalue weighted by Crippen LogP contribution is -2.57. The molecule has 218 valence electrons. The molecule has 0 aliphatic rings. The fourth-order valence-corrected chi connectivity index (χ4v) is 3.55. The van der Waals surface area contributed by atoms with Crippen molar-refractivity contribution in [1.82, 2.24) is 25.9 Å². The van der Waals surface area contributed by atoms with E-state index in [2.05, 4.69) is 30.9 Å². The number of amides is 4. The average Bonchev–Trinajstić information content (AvgIpc) is 3.35. The van der Waals surface area contributed by atoms with Crippen LogP contribution in [0.1, 0.15) is 51.6 Å². The molecule has 0 aromatic carbocycles. The molecule has 1 aromatic rings. The van der Waals surface area contributed by atoms with Crippen molar-refractivity contribution in [2.45, 2.75) is 76.5 Å². The number of hydrogen-bond acceptors (Lipinski definition) is 8. The molecule has 1 heterocycles. The average molecular weight is 553 g/mol. The van der Waals surface area contributed by atoms with Crippen molar-refractivity contribution < 1.29 is 29.1 Å².